The Hall–Kier alpha value is -1.84. The summed E-state index contributed by atoms with van der Waals surface area (Å²) in [5.74, 6) is 0.284. The van der Waals surface area contributed by atoms with Crippen LogP contribution in [0.15, 0.2) is 24.3 Å². The highest BCUT2D eigenvalue weighted by molar-refractivity contribution is 5.38. The first-order valence-electron chi connectivity index (χ1n) is 5.94. The summed E-state index contributed by atoms with van der Waals surface area (Å²) in [5.41, 5.74) is 1.88. The average Bonchev–Trinajstić information content (AvgIpc) is 3.04. The van der Waals surface area contributed by atoms with E-state index in [0.29, 0.717) is 5.56 Å². The third-order valence-electron chi connectivity index (χ3n) is 4.04. The number of nitriles is 2. The summed E-state index contributed by atoms with van der Waals surface area (Å²) in [4.78, 5) is 0. The van der Waals surface area contributed by atoms with E-state index < -0.39 is 0 Å². The molecule has 0 radical (unpaired) electrons. The zero-order valence-corrected chi connectivity index (χ0v) is 9.48. The van der Waals surface area contributed by atoms with Crippen molar-refractivity contribution in [3.63, 3.8) is 0 Å². The molecule has 1 saturated heterocycles. The van der Waals surface area contributed by atoms with Crippen molar-refractivity contribution < 1.29 is 0 Å². The molecule has 1 aromatic rings. The van der Waals surface area contributed by atoms with Gasteiger partial charge >= 0.3 is 0 Å². The van der Waals surface area contributed by atoms with E-state index in [9.17, 15) is 5.26 Å². The van der Waals surface area contributed by atoms with Gasteiger partial charge in [-0.1, -0.05) is 12.1 Å². The quantitative estimate of drug-likeness (QED) is 0.791. The predicted octanol–water partition coefficient (Wildman–Crippen LogP) is 1.92. The van der Waals surface area contributed by atoms with Gasteiger partial charge in [0.25, 0.3) is 0 Å². The summed E-state index contributed by atoms with van der Waals surface area (Å²) in [5, 5.41) is 21.7. The lowest BCUT2D eigenvalue weighted by Gasteiger charge is -2.16. The third kappa shape index (κ3) is 1.52. The monoisotopic (exact) mass is 223 g/mol. The Morgan fingerprint density at radius 3 is 2.76 bits per heavy atom. The molecule has 1 N–H and O–H groups in total. The van der Waals surface area contributed by atoms with E-state index in [2.05, 4.69) is 17.5 Å². The van der Waals surface area contributed by atoms with Crippen LogP contribution in [0.2, 0.25) is 0 Å². The zero-order chi connectivity index (χ0) is 11.9. The van der Waals surface area contributed by atoms with Crippen LogP contribution in [0.5, 0.6) is 0 Å². The molecule has 1 spiro atoms. The number of benzene rings is 1. The molecule has 3 nitrogen and oxygen atoms in total. The van der Waals surface area contributed by atoms with Crippen LogP contribution in [0.3, 0.4) is 0 Å². The number of nitrogens with one attached hydrogen (secondary N) is 1. The summed E-state index contributed by atoms with van der Waals surface area (Å²) in [6, 6.07) is 12.3. The Kier molecular flexibility index (Phi) is 2.18. The van der Waals surface area contributed by atoms with Gasteiger partial charge in [0.05, 0.1) is 23.6 Å². The molecule has 84 valence electrons. The van der Waals surface area contributed by atoms with Crippen molar-refractivity contribution in [3.05, 3.63) is 35.4 Å². The van der Waals surface area contributed by atoms with Crippen molar-refractivity contribution in [2.45, 2.75) is 24.3 Å². The molecule has 0 unspecified atom stereocenters. The van der Waals surface area contributed by atoms with E-state index in [-0.39, 0.29) is 17.4 Å². The van der Waals surface area contributed by atoms with Crippen LogP contribution < -0.4 is 5.32 Å². The lowest BCUT2D eigenvalue weighted by atomic mass is 9.84. The maximum atomic E-state index is 9.34. The molecule has 2 atom stereocenters. The van der Waals surface area contributed by atoms with Gasteiger partial charge in [-0.15, -0.1) is 0 Å². The zero-order valence-electron chi connectivity index (χ0n) is 9.48. The second kappa shape index (κ2) is 3.58. The van der Waals surface area contributed by atoms with Crippen molar-refractivity contribution in [3.8, 4) is 12.1 Å². The van der Waals surface area contributed by atoms with E-state index in [0.717, 1.165) is 24.9 Å². The van der Waals surface area contributed by atoms with Crippen LogP contribution in [-0.2, 0) is 0 Å². The number of hydrogen-bond donors (Lipinski definition) is 1. The SMILES string of the molecule is N#Cc1cccc([C@@H]2CNC3(CC3)[C@H]2C#N)c1. The van der Waals surface area contributed by atoms with Crippen molar-refractivity contribution in [1.29, 1.82) is 10.5 Å². The lowest BCUT2D eigenvalue weighted by molar-refractivity contribution is 0.496. The molecule has 2 aliphatic rings. The summed E-state index contributed by atoms with van der Waals surface area (Å²) in [6.45, 7) is 0.854. The lowest BCUT2D eigenvalue weighted by Crippen LogP contribution is -2.28. The fourth-order valence-corrected chi connectivity index (χ4v) is 2.91. The minimum Gasteiger partial charge on any atom is -0.309 e. The van der Waals surface area contributed by atoms with Gasteiger partial charge < -0.3 is 5.32 Å². The van der Waals surface area contributed by atoms with Crippen molar-refractivity contribution in [2.24, 2.45) is 5.92 Å². The van der Waals surface area contributed by atoms with Crippen molar-refractivity contribution in [2.75, 3.05) is 6.54 Å². The molecule has 2 fully saturated rings. The summed E-state index contributed by atoms with van der Waals surface area (Å²) in [7, 11) is 0. The van der Waals surface area contributed by atoms with Crippen molar-refractivity contribution in [1.82, 2.24) is 5.32 Å². The molecule has 1 heterocycles. The smallest absolute Gasteiger partial charge is 0.0991 e. The van der Waals surface area contributed by atoms with E-state index in [4.69, 9.17) is 5.26 Å². The average molecular weight is 223 g/mol. The Bertz CT molecular complexity index is 531. The predicted molar refractivity (Wildman–Crippen MR) is 63.0 cm³/mol. The fourth-order valence-electron chi connectivity index (χ4n) is 2.91. The van der Waals surface area contributed by atoms with E-state index >= 15 is 0 Å². The van der Waals surface area contributed by atoms with Gasteiger partial charge in [-0.3, -0.25) is 0 Å². The first kappa shape index (κ1) is 10.3. The minimum absolute atomic E-state index is 0.0523. The summed E-state index contributed by atoms with van der Waals surface area (Å²) < 4.78 is 0. The number of nitrogens with zero attached hydrogens (tertiary/aromatic N) is 2. The molecule has 0 aromatic heterocycles. The van der Waals surface area contributed by atoms with Gasteiger partial charge in [0.2, 0.25) is 0 Å². The first-order valence-corrected chi connectivity index (χ1v) is 5.94. The Labute approximate surface area is 101 Å². The Morgan fingerprint density at radius 1 is 1.29 bits per heavy atom. The van der Waals surface area contributed by atoms with Crippen LogP contribution in [-0.4, -0.2) is 12.1 Å². The highest BCUT2D eigenvalue weighted by atomic mass is 15.1. The van der Waals surface area contributed by atoms with Gasteiger partial charge in [-0.05, 0) is 30.5 Å². The van der Waals surface area contributed by atoms with E-state index in [1.54, 1.807) is 6.07 Å². The first-order chi connectivity index (χ1) is 8.29. The van der Waals surface area contributed by atoms with Gasteiger partial charge in [0.15, 0.2) is 0 Å². The second-order valence-corrected chi connectivity index (χ2v) is 4.99. The van der Waals surface area contributed by atoms with Crippen molar-refractivity contribution >= 4 is 0 Å². The maximum absolute atomic E-state index is 9.34. The summed E-state index contributed by atoms with van der Waals surface area (Å²) in [6.07, 6.45) is 2.22. The van der Waals surface area contributed by atoms with Gasteiger partial charge in [0.1, 0.15) is 0 Å². The fraction of sp³-hybridized carbons (Fsp3) is 0.429. The standard InChI is InChI=1S/C14H13N3/c15-7-10-2-1-3-11(6-10)12-9-17-14(4-5-14)13(12)8-16/h1-3,6,12-13,17H,4-5,9H2/t12-,13-/m0/s1. The third-order valence-corrected chi connectivity index (χ3v) is 4.04. The molecular formula is C14H13N3. The van der Waals surface area contributed by atoms with Crippen LogP contribution in [0.25, 0.3) is 0 Å². The maximum Gasteiger partial charge on any atom is 0.0991 e. The van der Waals surface area contributed by atoms with Gasteiger partial charge in [-0.2, -0.15) is 10.5 Å². The normalized spacial score (nSPS) is 28.6. The highest BCUT2D eigenvalue weighted by Gasteiger charge is 2.56. The molecule has 1 aromatic carbocycles. The minimum atomic E-state index is 0.0523. The van der Waals surface area contributed by atoms with Gasteiger partial charge in [0, 0.05) is 18.0 Å². The van der Waals surface area contributed by atoms with E-state index in [1.165, 1.54) is 0 Å². The molecule has 3 rings (SSSR count). The van der Waals surface area contributed by atoms with E-state index in [1.807, 2.05) is 18.2 Å². The Morgan fingerprint density at radius 2 is 2.12 bits per heavy atom. The molecule has 0 amide bonds. The Balaban J connectivity index is 1.94. The van der Waals surface area contributed by atoms with Crippen LogP contribution in [0.1, 0.15) is 29.9 Å². The largest absolute Gasteiger partial charge is 0.309 e. The van der Waals surface area contributed by atoms with Crippen LogP contribution in [0.4, 0.5) is 0 Å². The molecule has 0 bridgehead atoms. The molecular weight excluding hydrogens is 210 g/mol. The summed E-state index contributed by atoms with van der Waals surface area (Å²) >= 11 is 0. The van der Waals surface area contributed by atoms with Crippen LogP contribution >= 0.6 is 0 Å². The topological polar surface area (TPSA) is 59.6 Å². The second-order valence-electron chi connectivity index (χ2n) is 4.99. The van der Waals surface area contributed by atoms with Gasteiger partial charge in [-0.25, -0.2) is 0 Å². The number of rotatable bonds is 1. The molecule has 1 aliphatic carbocycles. The molecule has 3 heteroatoms. The number of hydrogen-bond acceptors (Lipinski definition) is 3. The molecule has 17 heavy (non-hydrogen) atoms. The highest BCUT2D eigenvalue weighted by Crippen LogP contribution is 2.51. The van der Waals surface area contributed by atoms with Crippen LogP contribution in [0, 0.1) is 28.6 Å². The molecule has 1 saturated carbocycles. The molecule has 1 aliphatic heterocycles.